The van der Waals surface area contributed by atoms with Gasteiger partial charge in [-0.15, -0.1) is 0 Å². The minimum Gasteiger partial charge on any atom is -0.456 e. The molecule has 0 spiro atoms. The summed E-state index contributed by atoms with van der Waals surface area (Å²) >= 11 is 6.04. The number of esters is 2. The van der Waals surface area contributed by atoms with E-state index in [9.17, 15) is 19.8 Å². The van der Waals surface area contributed by atoms with Gasteiger partial charge in [0, 0.05) is 55.9 Å². The van der Waals surface area contributed by atoms with Crippen molar-refractivity contribution in [3.8, 4) is 0 Å². The van der Waals surface area contributed by atoms with Crippen molar-refractivity contribution in [2.24, 2.45) is 22.7 Å². The fourth-order valence-corrected chi connectivity index (χ4v) is 11.0. The van der Waals surface area contributed by atoms with Gasteiger partial charge in [0.15, 0.2) is 18.0 Å². The van der Waals surface area contributed by atoms with E-state index in [1.165, 1.54) is 13.1 Å². The first-order valence-electron chi connectivity index (χ1n) is 18.6. The van der Waals surface area contributed by atoms with Crippen molar-refractivity contribution in [2.45, 2.75) is 115 Å². The van der Waals surface area contributed by atoms with E-state index in [4.69, 9.17) is 40.0 Å². The van der Waals surface area contributed by atoms with Crippen LogP contribution in [0.4, 0.5) is 0 Å². The predicted octanol–water partition coefficient (Wildman–Crippen LogP) is 2.95. The molecule has 0 radical (unpaired) electrons. The van der Waals surface area contributed by atoms with Gasteiger partial charge in [0.2, 0.25) is 0 Å². The van der Waals surface area contributed by atoms with Crippen LogP contribution in [-0.4, -0.2) is 127 Å². The number of hydrogen-bond donors (Lipinski definition) is 3. The van der Waals surface area contributed by atoms with Crippen molar-refractivity contribution in [1.29, 1.82) is 0 Å². The second kappa shape index (κ2) is 13.8. The van der Waals surface area contributed by atoms with Gasteiger partial charge in [-0.05, 0) is 56.0 Å². The number of morpholine rings is 1. The highest BCUT2D eigenvalue weighted by Gasteiger charge is 2.75. The fourth-order valence-electron chi connectivity index (χ4n) is 10.9. The topological polar surface area (TPSA) is 158 Å². The molecule has 14 heteroatoms. The molecule has 3 aliphatic heterocycles. The summed E-state index contributed by atoms with van der Waals surface area (Å²) < 4.78 is 38.2. The van der Waals surface area contributed by atoms with Crippen LogP contribution in [0.1, 0.15) is 72.5 Å². The average Bonchev–Trinajstić information content (AvgIpc) is 3.50. The second-order valence-electron chi connectivity index (χ2n) is 16.5. The highest BCUT2D eigenvalue weighted by atomic mass is 35.5. The molecule has 3 N–H and O–H groups in total. The summed E-state index contributed by atoms with van der Waals surface area (Å²) in [7, 11) is 1.62. The van der Waals surface area contributed by atoms with Gasteiger partial charge in [-0.1, -0.05) is 39.3 Å². The zero-order valence-corrected chi connectivity index (χ0v) is 32.0. The summed E-state index contributed by atoms with van der Waals surface area (Å²) in [4.78, 5) is 33.3. The van der Waals surface area contributed by atoms with Gasteiger partial charge >= 0.3 is 11.9 Å². The smallest absolute Gasteiger partial charge is 0.337 e. The van der Waals surface area contributed by atoms with Crippen LogP contribution in [0.3, 0.4) is 0 Å². The molecular formula is C38H54ClN3O10. The number of halogens is 1. The van der Waals surface area contributed by atoms with Gasteiger partial charge < -0.3 is 44.0 Å². The Morgan fingerprint density at radius 2 is 1.92 bits per heavy atom. The van der Waals surface area contributed by atoms with E-state index >= 15 is 0 Å². The van der Waals surface area contributed by atoms with Gasteiger partial charge in [-0.25, -0.2) is 4.79 Å². The Balaban J connectivity index is 1.31. The Kier molecular flexibility index (Phi) is 10.1. The summed E-state index contributed by atoms with van der Waals surface area (Å²) in [5.41, 5.74) is -1.95. The lowest BCUT2D eigenvalue weighted by Gasteiger charge is -2.68. The number of fused-ring (bicyclic) bond motifs is 8. The number of pyridine rings is 1. The summed E-state index contributed by atoms with van der Waals surface area (Å²) in [6, 6.07) is 2.41. The number of hydrogen-bond acceptors (Lipinski definition) is 13. The Bertz CT molecular complexity index is 1570. The molecule has 52 heavy (non-hydrogen) atoms. The van der Waals surface area contributed by atoms with Crippen LogP contribution >= 0.6 is 11.6 Å². The number of carbonyl (C=O) groups is 2. The number of ether oxygens (including phenoxy) is 6. The summed E-state index contributed by atoms with van der Waals surface area (Å²) in [6.45, 7) is 15.1. The van der Waals surface area contributed by atoms with Crippen LogP contribution in [0, 0.1) is 22.7 Å². The standard InChI is InChI=1S/C38H54ClN3O10/c1-20-25(49-34(45)30(44)29(40-7)24-9-8-23(39)17-41-24)16-38(46)21(2)32-36(6,11-10-26-37(32,19-48-26)52-22(3)43)33-31(28(20)35(38,4)5)50-27(51-33)18-42-12-14-47-15-13-42/h8-9,17,21,25-27,29-33,40,44,46H,10-16,18-19H2,1-7H3/t21-,25-,26+,27+,29-,30+,31+,32-,33+,36+,37-,38+/m0/s1. The monoisotopic (exact) mass is 747 g/mol. The van der Waals surface area contributed by atoms with E-state index in [1.54, 1.807) is 19.2 Å². The van der Waals surface area contributed by atoms with E-state index < -0.39 is 82.6 Å². The molecule has 3 aliphatic carbocycles. The number of nitrogens with one attached hydrogen (secondary N) is 1. The van der Waals surface area contributed by atoms with Crippen molar-refractivity contribution >= 4 is 23.5 Å². The van der Waals surface area contributed by atoms with Gasteiger partial charge in [0.05, 0.1) is 48.3 Å². The number of aliphatic hydroxyl groups excluding tert-OH is 1. The number of rotatable bonds is 8. The lowest BCUT2D eigenvalue weighted by molar-refractivity contribution is -0.337. The van der Waals surface area contributed by atoms with Gasteiger partial charge in [0.1, 0.15) is 18.3 Å². The molecule has 12 atom stereocenters. The first-order chi connectivity index (χ1) is 24.6. The number of aromatic nitrogens is 1. The summed E-state index contributed by atoms with van der Waals surface area (Å²) in [5, 5.41) is 28.1. The molecule has 3 saturated heterocycles. The molecule has 0 unspecified atom stereocenters. The Hall–Kier alpha value is -2.20. The Morgan fingerprint density at radius 3 is 2.54 bits per heavy atom. The van der Waals surface area contributed by atoms with Crippen molar-refractivity contribution < 1.29 is 48.2 Å². The van der Waals surface area contributed by atoms with Gasteiger partial charge in [0.25, 0.3) is 0 Å². The lowest BCUT2D eigenvalue weighted by atomic mass is 9.43. The van der Waals surface area contributed by atoms with Crippen LogP contribution in [0.2, 0.25) is 5.02 Å². The fraction of sp³-hybridized carbons (Fsp3) is 0.763. The summed E-state index contributed by atoms with van der Waals surface area (Å²) in [6.07, 6.45) is -1.59. The molecule has 0 aromatic carbocycles. The van der Waals surface area contributed by atoms with Crippen LogP contribution in [0.15, 0.2) is 29.5 Å². The van der Waals surface area contributed by atoms with E-state index in [0.29, 0.717) is 43.3 Å². The number of aliphatic hydroxyl groups is 2. The van der Waals surface area contributed by atoms with Crippen LogP contribution in [0.25, 0.3) is 0 Å². The van der Waals surface area contributed by atoms with Crippen molar-refractivity contribution in [2.75, 3.05) is 46.5 Å². The van der Waals surface area contributed by atoms with E-state index in [-0.39, 0.29) is 19.1 Å². The molecule has 2 saturated carbocycles. The SMILES string of the molecule is CN[C@@H](c1ccc(Cl)cn1)[C@@H](O)C(=O)O[C@H]1C[C@@]2(O)[C@@H](C)[C@H]3[C@@](C)(CC[C@H]4OC[C@]43OC(C)=O)[C@@H]3O[C@H](CN4CCOCC4)O[C@@H]3C(=C1C)C2(C)C. The molecule has 1 aromatic rings. The molecule has 1 aromatic heterocycles. The zero-order chi connectivity index (χ0) is 37.4. The first kappa shape index (κ1) is 38.1. The normalized spacial score (nSPS) is 40.9. The van der Waals surface area contributed by atoms with Crippen LogP contribution < -0.4 is 5.32 Å². The molecule has 7 rings (SSSR count). The second-order valence-corrected chi connectivity index (χ2v) is 16.9. The predicted molar refractivity (Wildman–Crippen MR) is 188 cm³/mol. The van der Waals surface area contributed by atoms with E-state index in [0.717, 1.165) is 24.2 Å². The molecular weight excluding hydrogens is 694 g/mol. The lowest BCUT2D eigenvalue weighted by Crippen LogP contribution is -2.77. The summed E-state index contributed by atoms with van der Waals surface area (Å²) in [5.74, 6) is -2.15. The quantitative estimate of drug-likeness (QED) is 0.264. The van der Waals surface area contributed by atoms with Crippen molar-refractivity contribution in [3.05, 3.63) is 40.2 Å². The van der Waals surface area contributed by atoms with Crippen molar-refractivity contribution in [3.63, 3.8) is 0 Å². The third-order valence-electron chi connectivity index (χ3n) is 13.5. The largest absolute Gasteiger partial charge is 0.456 e. The zero-order valence-electron chi connectivity index (χ0n) is 31.2. The molecule has 2 bridgehead atoms. The van der Waals surface area contributed by atoms with E-state index in [2.05, 4.69) is 22.1 Å². The molecule has 288 valence electrons. The average molecular weight is 748 g/mol. The molecule has 4 heterocycles. The number of carbonyl (C=O) groups excluding carboxylic acids is 2. The number of likely N-dealkylation sites (N-methyl/N-ethyl adjacent to an activating group) is 1. The molecule has 6 aliphatic rings. The maximum atomic E-state index is 13.9. The third-order valence-corrected chi connectivity index (χ3v) is 13.7. The Labute approximate surface area is 310 Å². The van der Waals surface area contributed by atoms with Crippen molar-refractivity contribution in [1.82, 2.24) is 15.2 Å². The van der Waals surface area contributed by atoms with Crippen LogP contribution in [-0.2, 0) is 38.0 Å². The highest BCUT2D eigenvalue weighted by molar-refractivity contribution is 6.30. The van der Waals surface area contributed by atoms with E-state index in [1.807, 2.05) is 27.7 Å². The van der Waals surface area contributed by atoms with Crippen LogP contribution in [0.5, 0.6) is 0 Å². The van der Waals surface area contributed by atoms with Gasteiger partial charge in [-0.2, -0.15) is 0 Å². The maximum absolute atomic E-state index is 13.9. The number of nitrogens with zero attached hydrogens (tertiary/aromatic N) is 2. The molecule has 5 fully saturated rings. The minimum absolute atomic E-state index is 0.0576. The highest BCUT2D eigenvalue weighted by Crippen LogP contribution is 2.67. The maximum Gasteiger partial charge on any atom is 0.337 e. The van der Waals surface area contributed by atoms with Gasteiger partial charge in [-0.3, -0.25) is 14.7 Å². The molecule has 13 nitrogen and oxygen atoms in total. The molecule has 0 amide bonds. The first-order valence-corrected chi connectivity index (χ1v) is 19.0. The minimum atomic E-state index is -1.61. The third kappa shape index (κ3) is 5.94. The Morgan fingerprint density at radius 1 is 1.19 bits per heavy atom.